The summed E-state index contributed by atoms with van der Waals surface area (Å²) in [5.41, 5.74) is 1.97. The summed E-state index contributed by atoms with van der Waals surface area (Å²) >= 11 is 5.77. The van der Waals surface area contributed by atoms with Crippen LogP contribution in [-0.2, 0) is 15.7 Å². The molecule has 0 aromatic heterocycles. The van der Waals surface area contributed by atoms with Gasteiger partial charge in [-0.1, -0.05) is 48.0 Å². The van der Waals surface area contributed by atoms with Crippen molar-refractivity contribution in [2.75, 3.05) is 0 Å². The molecule has 2 aromatic carbocycles. The van der Waals surface area contributed by atoms with E-state index in [0.717, 1.165) is 11.1 Å². The number of hydrogen-bond acceptors (Lipinski definition) is 3. The number of hydrogen-bond donors (Lipinski definition) is 0. The molecule has 0 heterocycles. The van der Waals surface area contributed by atoms with E-state index in [9.17, 15) is 4.57 Å². The lowest BCUT2D eigenvalue weighted by molar-refractivity contribution is 0.269. The summed E-state index contributed by atoms with van der Waals surface area (Å²) in [6, 6.07) is 16.5. The molecule has 2 aromatic rings. The highest BCUT2D eigenvalue weighted by molar-refractivity contribution is 7.81. The lowest BCUT2D eigenvalue weighted by Gasteiger charge is -2.13. The Bertz CT molecular complexity index is 569. The van der Waals surface area contributed by atoms with Gasteiger partial charge in [0, 0.05) is 11.2 Å². The van der Waals surface area contributed by atoms with Crippen LogP contribution in [0.5, 0.6) is 5.75 Å². The molecule has 0 radical (unpaired) electrons. The molecule has 0 aliphatic carbocycles. The van der Waals surface area contributed by atoms with Crippen LogP contribution in [0, 0.1) is 6.92 Å². The van der Waals surface area contributed by atoms with Crippen molar-refractivity contribution in [1.82, 2.24) is 0 Å². The summed E-state index contributed by atoms with van der Waals surface area (Å²) in [4.78, 5) is 0. The molecule has 19 heavy (non-hydrogen) atoms. The van der Waals surface area contributed by atoms with Gasteiger partial charge in [-0.25, -0.2) is 4.57 Å². The zero-order valence-corrected chi connectivity index (χ0v) is 12.1. The fraction of sp³-hybridized carbons (Fsp3) is 0.143. The Morgan fingerprint density at radius 1 is 1.05 bits per heavy atom. The van der Waals surface area contributed by atoms with E-state index < -0.39 is 6.95 Å². The SMILES string of the molecule is Cc1ccc(O[P@@](=O)(Cl)OCc2ccccc2)cc1. The molecule has 1 atom stereocenters. The van der Waals surface area contributed by atoms with Crippen molar-refractivity contribution in [3.8, 4) is 5.75 Å². The molecule has 100 valence electrons. The van der Waals surface area contributed by atoms with Crippen LogP contribution >= 0.6 is 18.2 Å². The second-order valence-electron chi connectivity index (χ2n) is 4.09. The molecule has 0 fully saturated rings. The largest absolute Gasteiger partial charge is 0.477 e. The molecular formula is C14H14ClO3P. The minimum absolute atomic E-state index is 0.146. The predicted molar refractivity (Wildman–Crippen MR) is 76.5 cm³/mol. The molecule has 2 rings (SSSR count). The average molecular weight is 297 g/mol. The van der Waals surface area contributed by atoms with Crippen molar-refractivity contribution in [1.29, 1.82) is 0 Å². The molecule has 0 N–H and O–H groups in total. The monoisotopic (exact) mass is 296 g/mol. The zero-order chi connectivity index (χ0) is 13.7. The highest BCUT2D eigenvalue weighted by Crippen LogP contribution is 2.53. The Morgan fingerprint density at radius 2 is 1.68 bits per heavy atom. The van der Waals surface area contributed by atoms with Crippen LogP contribution in [0.3, 0.4) is 0 Å². The summed E-state index contributed by atoms with van der Waals surface area (Å²) in [5, 5.41) is 0. The van der Waals surface area contributed by atoms with Gasteiger partial charge >= 0.3 is 6.95 Å². The van der Waals surface area contributed by atoms with Gasteiger partial charge in [-0.2, -0.15) is 0 Å². The third-order valence-electron chi connectivity index (χ3n) is 2.46. The second-order valence-corrected chi connectivity index (χ2v) is 6.64. The standard InChI is InChI=1S/C14H14ClO3P/c1-12-7-9-14(10-8-12)18-19(15,16)17-11-13-5-3-2-4-6-13/h2-10H,11H2,1H3/t19-/m1/s1. The van der Waals surface area contributed by atoms with Crippen LogP contribution in [-0.4, -0.2) is 0 Å². The third kappa shape index (κ3) is 4.71. The van der Waals surface area contributed by atoms with Gasteiger partial charge in [0.2, 0.25) is 0 Å². The third-order valence-corrected chi connectivity index (χ3v) is 3.83. The van der Waals surface area contributed by atoms with E-state index in [1.54, 1.807) is 12.1 Å². The first kappa shape index (κ1) is 14.1. The summed E-state index contributed by atoms with van der Waals surface area (Å²) in [5.74, 6) is 0.428. The maximum Gasteiger partial charge on any atom is 0.477 e. The van der Waals surface area contributed by atoms with Crippen molar-refractivity contribution in [3.05, 3.63) is 65.7 Å². The summed E-state index contributed by atoms with van der Waals surface area (Å²) < 4.78 is 22.3. The first-order valence-corrected chi connectivity index (χ1v) is 8.24. The highest BCUT2D eigenvalue weighted by atomic mass is 35.7. The molecule has 0 aliphatic heterocycles. The Balaban J connectivity index is 1.95. The van der Waals surface area contributed by atoms with E-state index in [1.807, 2.05) is 49.4 Å². The van der Waals surface area contributed by atoms with Crippen LogP contribution < -0.4 is 4.52 Å². The van der Waals surface area contributed by atoms with Crippen molar-refractivity contribution < 1.29 is 13.6 Å². The lowest BCUT2D eigenvalue weighted by Crippen LogP contribution is -1.94. The molecule has 5 heteroatoms. The quantitative estimate of drug-likeness (QED) is 0.733. The van der Waals surface area contributed by atoms with Gasteiger partial charge in [-0.15, -0.1) is 0 Å². The molecule has 0 aliphatic rings. The Morgan fingerprint density at radius 3 is 2.32 bits per heavy atom. The van der Waals surface area contributed by atoms with Crippen LogP contribution in [0.1, 0.15) is 11.1 Å². The van der Waals surface area contributed by atoms with Gasteiger partial charge in [0.05, 0.1) is 6.61 Å². The van der Waals surface area contributed by atoms with Crippen molar-refractivity contribution >= 4 is 18.2 Å². The average Bonchev–Trinajstić information content (AvgIpc) is 2.40. The fourth-order valence-corrected chi connectivity index (χ4v) is 2.59. The number of halogens is 1. The highest BCUT2D eigenvalue weighted by Gasteiger charge is 2.22. The number of aryl methyl sites for hydroxylation is 1. The van der Waals surface area contributed by atoms with E-state index in [1.165, 1.54) is 0 Å². The number of rotatable bonds is 5. The van der Waals surface area contributed by atoms with E-state index in [2.05, 4.69) is 0 Å². The topological polar surface area (TPSA) is 35.5 Å². The Hall–Kier alpha value is -1.28. The van der Waals surface area contributed by atoms with Gasteiger partial charge in [0.1, 0.15) is 5.75 Å². The predicted octanol–water partition coefficient (Wildman–Crippen LogP) is 4.94. The first-order valence-electron chi connectivity index (χ1n) is 5.80. The van der Waals surface area contributed by atoms with E-state index in [0.29, 0.717) is 5.75 Å². The van der Waals surface area contributed by atoms with E-state index >= 15 is 0 Å². The van der Waals surface area contributed by atoms with Crippen molar-refractivity contribution in [2.24, 2.45) is 0 Å². The van der Waals surface area contributed by atoms with Crippen LogP contribution in [0.25, 0.3) is 0 Å². The van der Waals surface area contributed by atoms with Crippen LogP contribution in [0.15, 0.2) is 54.6 Å². The number of benzene rings is 2. The van der Waals surface area contributed by atoms with Gasteiger partial charge < -0.3 is 4.52 Å². The Kier molecular flexibility index (Phi) is 4.65. The summed E-state index contributed by atoms with van der Waals surface area (Å²) in [6.07, 6.45) is 0. The first-order chi connectivity index (χ1) is 9.05. The molecule has 0 spiro atoms. The molecular weight excluding hydrogens is 283 g/mol. The normalized spacial score (nSPS) is 13.8. The van der Waals surface area contributed by atoms with Crippen molar-refractivity contribution in [3.63, 3.8) is 0 Å². The van der Waals surface area contributed by atoms with E-state index in [4.69, 9.17) is 20.3 Å². The molecule has 0 unspecified atom stereocenters. The van der Waals surface area contributed by atoms with E-state index in [-0.39, 0.29) is 6.61 Å². The maximum atomic E-state index is 12.0. The lowest BCUT2D eigenvalue weighted by atomic mass is 10.2. The molecule has 3 nitrogen and oxygen atoms in total. The summed E-state index contributed by atoms with van der Waals surface area (Å²) in [6.45, 7) is -1.52. The molecule has 0 saturated carbocycles. The second kappa shape index (κ2) is 6.25. The van der Waals surface area contributed by atoms with Gasteiger partial charge in [0.15, 0.2) is 0 Å². The minimum Gasteiger partial charge on any atom is -0.413 e. The van der Waals surface area contributed by atoms with Gasteiger partial charge in [-0.3, -0.25) is 4.52 Å². The smallest absolute Gasteiger partial charge is 0.413 e. The van der Waals surface area contributed by atoms with Gasteiger partial charge in [0.25, 0.3) is 0 Å². The fourth-order valence-electron chi connectivity index (χ4n) is 1.48. The van der Waals surface area contributed by atoms with Gasteiger partial charge in [-0.05, 0) is 24.6 Å². The molecule has 0 bridgehead atoms. The zero-order valence-electron chi connectivity index (χ0n) is 10.5. The maximum absolute atomic E-state index is 12.0. The van der Waals surface area contributed by atoms with Crippen molar-refractivity contribution in [2.45, 2.75) is 13.5 Å². The molecule has 0 amide bonds. The van der Waals surface area contributed by atoms with Crippen LogP contribution in [0.2, 0.25) is 0 Å². The Labute approximate surface area is 117 Å². The minimum atomic E-state index is -3.62. The molecule has 0 saturated heterocycles. The van der Waals surface area contributed by atoms with Crippen LogP contribution in [0.4, 0.5) is 0 Å². The summed E-state index contributed by atoms with van der Waals surface area (Å²) in [7, 11) is 0.